The third-order valence-corrected chi connectivity index (χ3v) is 5.93. The molecule has 1 aromatic carbocycles. The summed E-state index contributed by atoms with van der Waals surface area (Å²) in [6.45, 7) is 6.13. The molecule has 0 aliphatic heterocycles. The molecule has 178 valence electrons. The first-order valence-corrected chi connectivity index (χ1v) is 11.2. The second-order valence-corrected chi connectivity index (χ2v) is 8.04. The van der Waals surface area contributed by atoms with Crippen molar-refractivity contribution in [1.82, 2.24) is 0 Å². The van der Waals surface area contributed by atoms with Crippen LogP contribution in [-0.2, 0) is 9.47 Å². The third kappa shape index (κ3) is 7.59. The molecule has 1 heterocycles. The van der Waals surface area contributed by atoms with Crippen molar-refractivity contribution in [2.45, 2.75) is 13.8 Å². The molecule has 2 aromatic rings. The van der Waals surface area contributed by atoms with Crippen molar-refractivity contribution in [3.05, 3.63) is 39.8 Å². The van der Waals surface area contributed by atoms with Crippen molar-refractivity contribution in [3.63, 3.8) is 0 Å². The molecule has 11 heteroatoms. The number of aliphatic hydroxyl groups is 2. The van der Waals surface area contributed by atoms with Gasteiger partial charge in [-0.1, -0.05) is 0 Å². The van der Waals surface area contributed by atoms with Crippen molar-refractivity contribution < 1.29 is 24.5 Å². The fourth-order valence-corrected chi connectivity index (χ4v) is 3.97. The van der Waals surface area contributed by atoms with Crippen molar-refractivity contribution >= 4 is 33.6 Å². The highest BCUT2D eigenvalue weighted by atomic mass is 32.1. The van der Waals surface area contributed by atoms with Crippen LogP contribution in [0.25, 0.3) is 0 Å². The maximum absolute atomic E-state index is 11.6. The van der Waals surface area contributed by atoms with Crippen LogP contribution in [0.3, 0.4) is 0 Å². The molecule has 0 aliphatic carbocycles. The van der Waals surface area contributed by atoms with E-state index in [0.29, 0.717) is 53.0 Å². The average Bonchev–Trinajstić information content (AvgIpc) is 3.12. The van der Waals surface area contributed by atoms with Gasteiger partial charge in [0.25, 0.3) is 5.91 Å². The number of amides is 1. The number of rotatable bonds is 14. The summed E-state index contributed by atoms with van der Waals surface area (Å²) in [6, 6.07) is 7.75. The Hall–Kier alpha value is -2.88. The largest absolute Gasteiger partial charge is 0.394 e. The van der Waals surface area contributed by atoms with Crippen LogP contribution in [0.1, 0.15) is 26.4 Å². The number of anilines is 1. The van der Waals surface area contributed by atoms with Gasteiger partial charge >= 0.3 is 0 Å². The lowest BCUT2D eigenvalue weighted by Crippen LogP contribution is -2.31. The summed E-state index contributed by atoms with van der Waals surface area (Å²) in [5, 5.41) is 36.0. The third-order valence-electron chi connectivity index (χ3n) is 4.74. The Balaban J connectivity index is 2.19. The zero-order valence-corrected chi connectivity index (χ0v) is 19.6. The summed E-state index contributed by atoms with van der Waals surface area (Å²) in [5.74, 6) is -0.595. The molecule has 4 N–H and O–H groups in total. The Labute approximate surface area is 196 Å². The van der Waals surface area contributed by atoms with Gasteiger partial charge in [-0.05, 0) is 43.2 Å². The summed E-state index contributed by atoms with van der Waals surface area (Å²) in [5.41, 5.74) is 8.62. The molecule has 0 fully saturated rings. The number of carbonyl (C=O) groups excluding carboxylic acids is 1. The van der Waals surface area contributed by atoms with E-state index in [1.807, 2.05) is 25.1 Å². The number of aliphatic hydroxyl groups excluding tert-OH is 2. The van der Waals surface area contributed by atoms with E-state index in [1.54, 1.807) is 6.92 Å². The average molecular weight is 476 g/mol. The number of nitrogens with zero attached hydrogens (tertiary/aromatic N) is 4. The first kappa shape index (κ1) is 26.4. The van der Waals surface area contributed by atoms with Crippen LogP contribution in [0.5, 0.6) is 0 Å². The Bertz CT molecular complexity index is 990. The molecule has 0 bridgehead atoms. The predicted octanol–water partition coefficient (Wildman–Crippen LogP) is 2.58. The SMILES string of the molecule is Cc1cc(N(CCOCCO)CCOCCO)ccc1N=Nc1sc(C(N)=O)c(C)c1C#N. The second-order valence-electron chi connectivity index (χ2n) is 7.04. The van der Waals surface area contributed by atoms with Crippen LogP contribution >= 0.6 is 11.3 Å². The minimum absolute atomic E-state index is 0.0311. The number of carbonyl (C=O) groups is 1. The number of benzene rings is 1. The maximum atomic E-state index is 11.6. The van der Waals surface area contributed by atoms with E-state index in [-0.39, 0.29) is 26.4 Å². The zero-order valence-electron chi connectivity index (χ0n) is 18.8. The molecule has 0 aliphatic rings. The molecule has 1 aromatic heterocycles. The molecule has 0 spiro atoms. The van der Waals surface area contributed by atoms with E-state index in [1.165, 1.54) is 0 Å². The standard InChI is InChI=1S/C22H29N5O5S/c1-15-13-17(27(5-9-31-11-7-28)6-10-32-12-8-29)3-4-19(15)25-26-22-18(14-23)16(2)20(33-22)21(24)30/h3-4,13,28-29H,5-12H2,1-2H3,(H2,24,30). The number of primary amides is 1. The Morgan fingerprint density at radius 1 is 1.12 bits per heavy atom. The fraction of sp³-hybridized carbons (Fsp3) is 0.455. The van der Waals surface area contributed by atoms with E-state index in [2.05, 4.69) is 21.2 Å². The van der Waals surface area contributed by atoms with Crippen molar-refractivity contribution in [2.75, 3.05) is 57.6 Å². The van der Waals surface area contributed by atoms with Gasteiger partial charge in [-0.3, -0.25) is 4.79 Å². The van der Waals surface area contributed by atoms with Gasteiger partial charge in [-0.25, -0.2) is 0 Å². The van der Waals surface area contributed by atoms with Gasteiger partial charge in [-0.2, -0.15) is 5.26 Å². The monoisotopic (exact) mass is 475 g/mol. The van der Waals surface area contributed by atoms with Crippen LogP contribution in [0.15, 0.2) is 28.4 Å². The molecule has 1 amide bonds. The van der Waals surface area contributed by atoms with Crippen LogP contribution in [0.4, 0.5) is 16.4 Å². The minimum Gasteiger partial charge on any atom is -0.394 e. The molecule has 10 nitrogen and oxygen atoms in total. The number of aryl methyl sites for hydroxylation is 1. The van der Waals surface area contributed by atoms with E-state index >= 15 is 0 Å². The number of thiophene rings is 1. The van der Waals surface area contributed by atoms with Crippen molar-refractivity contribution in [2.24, 2.45) is 16.0 Å². The van der Waals surface area contributed by atoms with Crippen molar-refractivity contribution in [3.8, 4) is 6.07 Å². The molecule has 0 radical (unpaired) electrons. The van der Waals surface area contributed by atoms with Gasteiger partial charge in [-0.15, -0.1) is 21.6 Å². The lowest BCUT2D eigenvalue weighted by molar-refractivity contribution is 0.0884. The van der Waals surface area contributed by atoms with Gasteiger partial charge < -0.3 is 30.3 Å². The molecule has 2 rings (SSSR count). The minimum atomic E-state index is -0.595. The highest BCUT2D eigenvalue weighted by Gasteiger charge is 2.18. The normalized spacial score (nSPS) is 11.1. The first-order chi connectivity index (χ1) is 15.9. The number of hydrogen-bond donors (Lipinski definition) is 3. The Kier molecular flexibility index (Phi) is 10.9. The molecule has 0 unspecified atom stereocenters. The van der Waals surface area contributed by atoms with E-state index in [9.17, 15) is 10.1 Å². The number of nitrogens with two attached hydrogens (primary N) is 1. The van der Waals surface area contributed by atoms with Crippen LogP contribution in [0, 0.1) is 25.2 Å². The molecule has 0 atom stereocenters. The molecule has 0 saturated heterocycles. The number of nitriles is 1. The Morgan fingerprint density at radius 2 is 1.76 bits per heavy atom. The highest BCUT2D eigenvalue weighted by molar-refractivity contribution is 7.18. The molecule has 33 heavy (non-hydrogen) atoms. The smallest absolute Gasteiger partial charge is 0.259 e. The Morgan fingerprint density at radius 3 is 2.27 bits per heavy atom. The lowest BCUT2D eigenvalue weighted by Gasteiger charge is -2.25. The van der Waals surface area contributed by atoms with Crippen LogP contribution in [-0.4, -0.2) is 68.9 Å². The second kappa shape index (κ2) is 13.6. The predicted molar refractivity (Wildman–Crippen MR) is 126 cm³/mol. The summed E-state index contributed by atoms with van der Waals surface area (Å²) < 4.78 is 10.8. The number of azo groups is 1. The van der Waals surface area contributed by atoms with Gasteiger partial charge in [0.05, 0.1) is 55.8 Å². The lowest BCUT2D eigenvalue weighted by atomic mass is 10.1. The number of ether oxygens (including phenoxy) is 2. The summed E-state index contributed by atoms with van der Waals surface area (Å²) in [6.07, 6.45) is 0. The fourth-order valence-electron chi connectivity index (χ4n) is 3.04. The van der Waals surface area contributed by atoms with E-state index in [4.69, 9.17) is 25.4 Å². The van der Waals surface area contributed by atoms with Gasteiger partial charge in [0, 0.05) is 18.8 Å². The van der Waals surface area contributed by atoms with Gasteiger partial charge in [0.15, 0.2) is 5.00 Å². The quantitative estimate of drug-likeness (QED) is 0.280. The number of hydrogen-bond acceptors (Lipinski definition) is 10. The molecular weight excluding hydrogens is 446 g/mol. The van der Waals surface area contributed by atoms with Crippen LogP contribution in [0.2, 0.25) is 0 Å². The topological polar surface area (TPSA) is 154 Å². The van der Waals surface area contributed by atoms with Crippen LogP contribution < -0.4 is 10.6 Å². The van der Waals surface area contributed by atoms with Gasteiger partial charge in [0.2, 0.25) is 0 Å². The first-order valence-electron chi connectivity index (χ1n) is 10.4. The molecular formula is C22H29N5O5S. The van der Waals surface area contributed by atoms with E-state index in [0.717, 1.165) is 22.6 Å². The summed E-state index contributed by atoms with van der Waals surface area (Å²) in [7, 11) is 0. The summed E-state index contributed by atoms with van der Waals surface area (Å²) in [4.78, 5) is 13.9. The zero-order chi connectivity index (χ0) is 24.2. The van der Waals surface area contributed by atoms with Crippen molar-refractivity contribution in [1.29, 1.82) is 5.26 Å². The van der Waals surface area contributed by atoms with Gasteiger partial charge in [0.1, 0.15) is 6.07 Å². The summed E-state index contributed by atoms with van der Waals surface area (Å²) >= 11 is 1.05. The maximum Gasteiger partial charge on any atom is 0.259 e. The van der Waals surface area contributed by atoms with E-state index < -0.39 is 5.91 Å². The molecule has 0 saturated carbocycles. The highest BCUT2D eigenvalue weighted by Crippen LogP contribution is 2.36.